The smallest absolute Gasteiger partial charge is 0.407 e. The van der Waals surface area contributed by atoms with Crippen molar-refractivity contribution < 1.29 is 9.53 Å². The molecule has 0 saturated heterocycles. The van der Waals surface area contributed by atoms with Gasteiger partial charge in [0.2, 0.25) is 0 Å². The topological polar surface area (TPSA) is 64.3 Å². The molecular formula is C25H21ClN2O2. The quantitative estimate of drug-likeness (QED) is 0.349. The molecule has 0 radical (unpaired) electrons. The van der Waals surface area contributed by atoms with Crippen LogP contribution in [0.2, 0.25) is 5.02 Å². The van der Waals surface area contributed by atoms with E-state index in [0.29, 0.717) is 30.3 Å². The normalized spacial score (nSPS) is 11.8. The molecule has 0 bridgehead atoms. The Labute approximate surface area is 181 Å². The van der Waals surface area contributed by atoms with Gasteiger partial charge in [-0.3, -0.25) is 0 Å². The standard InChI is InChI=1S/C25H21ClN2O2/c26-23-15-17(12-13-24(23)27)7-5-6-14-28-25(29)30-16-22-20-10-3-1-8-18(20)19-9-2-4-11-21(19)22/h1-4,8-13,15,22H,6,14,16,27H2,(H,28,29). The van der Waals surface area contributed by atoms with Gasteiger partial charge in [-0.1, -0.05) is 72.0 Å². The number of nitrogens with two attached hydrogens (primary N) is 1. The Balaban J connectivity index is 1.29. The van der Waals surface area contributed by atoms with Gasteiger partial charge in [-0.25, -0.2) is 4.79 Å². The second-order valence-corrected chi connectivity index (χ2v) is 7.45. The van der Waals surface area contributed by atoms with Crippen LogP contribution in [0, 0.1) is 11.8 Å². The van der Waals surface area contributed by atoms with E-state index in [4.69, 9.17) is 22.1 Å². The van der Waals surface area contributed by atoms with Gasteiger partial charge in [0.1, 0.15) is 6.61 Å². The molecule has 0 fully saturated rings. The van der Waals surface area contributed by atoms with Crippen molar-refractivity contribution in [3.05, 3.63) is 88.4 Å². The summed E-state index contributed by atoms with van der Waals surface area (Å²) in [4.78, 5) is 12.1. The number of rotatable bonds is 4. The van der Waals surface area contributed by atoms with Crippen LogP contribution in [0.4, 0.5) is 10.5 Å². The van der Waals surface area contributed by atoms with E-state index in [0.717, 1.165) is 5.56 Å². The number of nitrogens with one attached hydrogen (secondary N) is 1. The van der Waals surface area contributed by atoms with Crippen molar-refractivity contribution in [1.29, 1.82) is 0 Å². The van der Waals surface area contributed by atoms with Gasteiger partial charge in [0.05, 0.1) is 10.7 Å². The molecule has 3 aromatic rings. The van der Waals surface area contributed by atoms with E-state index in [9.17, 15) is 4.79 Å². The molecule has 1 amide bonds. The number of ether oxygens (including phenoxy) is 1. The average molecular weight is 417 g/mol. The number of carbonyl (C=O) groups excluding carboxylic acids is 1. The van der Waals surface area contributed by atoms with Crippen molar-refractivity contribution >= 4 is 23.4 Å². The maximum Gasteiger partial charge on any atom is 0.407 e. The Kier molecular flexibility index (Phi) is 5.92. The highest BCUT2D eigenvalue weighted by Gasteiger charge is 2.28. The van der Waals surface area contributed by atoms with Gasteiger partial charge < -0.3 is 15.8 Å². The minimum Gasteiger partial charge on any atom is -0.449 e. The van der Waals surface area contributed by atoms with Gasteiger partial charge in [-0.2, -0.15) is 0 Å². The maximum absolute atomic E-state index is 12.1. The van der Waals surface area contributed by atoms with Crippen LogP contribution in [0.25, 0.3) is 11.1 Å². The fourth-order valence-corrected chi connectivity index (χ4v) is 3.83. The highest BCUT2D eigenvalue weighted by molar-refractivity contribution is 6.33. The number of halogens is 1. The van der Waals surface area contributed by atoms with Crippen LogP contribution < -0.4 is 11.1 Å². The predicted molar refractivity (Wildman–Crippen MR) is 120 cm³/mol. The van der Waals surface area contributed by atoms with Crippen molar-refractivity contribution in [2.75, 3.05) is 18.9 Å². The lowest BCUT2D eigenvalue weighted by atomic mass is 9.98. The zero-order valence-electron chi connectivity index (χ0n) is 16.3. The van der Waals surface area contributed by atoms with Crippen molar-refractivity contribution in [1.82, 2.24) is 5.32 Å². The van der Waals surface area contributed by atoms with Crippen LogP contribution in [0.1, 0.15) is 29.0 Å². The van der Waals surface area contributed by atoms with E-state index in [1.807, 2.05) is 30.3 Å². The van der Waals surface area contributed by atoms with E-state index >= 15 is 0 Å². The third kappa shape index (κ3) is 4.27. The molecule has 4 nitrogen and oxygen atoms in total. The highest BCUT2D eigenvalue weighted by Crippen LogP contribution is 2.44. The lowest BCUT2D eigenvalue weighted by Crippen LogP contribution is -2.26. The molecule has 0 aromatic heterocycles. The molecule has 0 unspecified atom stereocenters. The maximum atomic E-state index is 12.1. The Morgan fingerprint density at radius 2 is 1.70 bits per heavy atom. The molecule has 1 aliphatic rings. The molecule has 150 valence electrons. The molecule has 30 heavy (non-hydrogen) atoms. The third-order valence-electron chi connectivity index (χ3n) is 5.10. The van der Waals surface area contributed by atoms with Gasteiger partial charge in [0.25, 0.3) is 0 Å². The fraction of sp³-hybridized carbons (Fsp3) is 0.160. The lowest BCUT2D eigenvalue weighted by molar-refractivity contribution is 0.143. The Morgan fingerprint density at radius 3 is 2.37 bits per heavy atom. The molecular weight excluding hydrogens is 396 g/mol. The largest absolute Gasteiger partial charge is 0.449 e. The first-order valence-electron chi connectivity index (χ1n) is 9.76. The number of benzene rings is 3. The number of amides is 1. The van der Waals surface area contributed by atoms with Gasteiger partial charge >= 0.3 is 6.09 Å². The summed E-state index contributed by atoms with van der Waals surface area (Å²) >= 11 is 5.98. The summed E-state index contributed by atoms with van der Waals surface area (Å²) in [5, 5.41) is 3.24. The van der Waals surface area contributed by atoms with E-state index in [1.165, 1.54) is 22.3 Å². The van der Waals surface area contributed by atoms with E-state index < -0.39 is 6.09 Å². The summed E-state index contributed by atoms with van der Waals surface area (Å²) in [6, 6.07) is 21.8. The lowest BCUT2D eigenvalue weighted by Gasteiger charge is -2.14. The molecule has 0 saturated carbocycles. The Morgan fingerprint density at radius 1 is 1.03 bits per heavy atom. The van der Waals surface area contributed by atoms with Crippen molar-refractivity contribution in [2.45, 2.75) is 12.3 Å². The number of fused-ring (bicyclic) bond motifs is 3. The number of alkyl carbamates (subject to hydrolysis) is 1. The van der Waals surface area contributed by atoms with Crippen molar-refractivity contribution in [3.8, 4) is 23.0 Å². The molecule has 0 atom stereocenters. The van der Waals surface area contributed by atoms with Gasteiger partial charge in [0, 0.05) is 24.4 Å². The average Bonchev–Trinajstić information content (AvgIpc) is 3.08. The minimum absolute atomic E-state index is 0.0539. The summed E-state index contributed by atoms with van der Waals surface area (Å²) in [6.07, 6.45) is 0.0702. The monoisotopic (exact) mass is 416 g/mol. The number of anilines is 1. The molecule has 3 N–H and O–H groups in total. The van der Waals surface area contributed by atoms with Crippen molar-refractivity contribution in [2.24, 2.45) is 0 Å². The van der Waals surface area contributed by atoms with Gasteiger partial charge in [-0.05, 0) is 40.5 Å². The Hall–Kier alpha value is -3.42. The Bertz CT molecular complexity index is 1100. The zero-order valence-corrected chi connectivity index (χ0v) is 17.1. The summed E-state index contributed by atoms with van der Waals surface area (Å²) in [5.41, 5.74) is 11.8. The molecule has 1 aliphatic carbocycles. The van der Waals surface area contributed by atoms with Gasteiger partial charge in [-0.15, -0.1) is 0 Å². The first-order valence-corrected chi connectivity index (χ1v) is 10.1. The summed E-state index contributed by atoms with van der Waals surface area (Å²) in [6.45, 7) is 0.710. The minimum atomic E-state index is -0.436. The fourth-order valence-electron chi connectivity index (χ4n) is 3.65. The van der Waals surface area contributed by atoms with Gasteiger partial charge in [0.15, 0.2) is 0 Å². The van der Waals surface area contributed by atoms with E-state index in [2.05, 4.69) is 41.4 Å². The van der Waals surface area contributed by atoms with E-state index in [-0.39, 0.29) is 5.92 Å². The third-order valence-corrected chi connectivity index (χ3v) is 5.42. The summed E-state index contributed by atoms with van der Waals surface area (Å²) in [5.74, 6) is 6.06. The second-order valence-electron chi connectivity index (χ2n) is 7.04. The first kappa shape index (κ1) is 19.9. The number of hydrogen-bond donors (Lipinski definition) is 2. The van der Waals surface area contributed by atoms with E-state index in [1.54, 1.807) is 12.1 Å². The molecule has 0 heterocycles. The van der Waals surface area contributed by atoms with Crippen LogP contribution in [-0.4, -0.2) is 19.2 Å². The second kappa shape index (κ2) is 8.94. The van der Waals surface area contributed by atoms with Crippen LogP contribution in [0.5, 0.6) is 0 Å². The SMILES string of the molecule is Nc1ccc(C#CCCNC(=O)OCC2c3ccccc3-c3ccccc32)cc1Cl. The molecule has 5 heteroatoms. The molecule has 0 spiro atoms. The van der Waals surface area contributed by atoms with Crippen LogP contribution in [0.3, 0.4) is 0 Å². The highest BCUT2D eigenvalue weighted by atomic mass is 35.5. The van der Waals surface area contributed by atoms with Crippen LogP contribution in [0.15, 0.2) is 66.7 Å². The summed E-state index contributed by atoms with van der Waals surface area (Å²) in [7, 11) is 0. The number of hydrogen-bond acceptors (Lipinski definition) is 3. The summed E-state index contributed by atoms with van der Waals surface area (Å²) < 4.78 is 5.50. The molecule has 4 rings (SSSR count). The number of nitrogen functional groups attached to an aromatic ring is 1. The molecule has 0 aliphatic heterocycles. The predicted octanol–water partition coefficient (Wildman–Crippen LogP) is 5.20. The van der Waals surface area contributed by atoms with Crippen LogP contribution >= 0.6 is 11.6 Å². The first-order chi connectivity index (χ1) is 14.6. The van der Waals surface area contributed by atoms with Crippen LogP contribution in [-0.2, 0) is 4.74 Å². The zero-order chi connectivity index (χ0) is 20.9. The number of carbonyl (C=O) groups is 1. The van der Waals surface area contributed by atoms with Crippen molar-refractivity contribution in [3.63, 3.8) is 0 Å². The molecule has 3 aromatic carbocycles.